The van der Waals surface area contributed by atoms with Gasteiger partial charge in [0.25, 0.3) is 5.91 Å². The minimum Gasteiger partial charge on any atom is -0.371 e. The summed E-state index contributed by atoms with van der Waals surface area (Å²) in [6.07, 6.45) is 2.84. The summed E-state index contributed by atoms with van der Waals surface area (Å²) < 4.78 is 0. The van der Waals surface area contributed by atoms with Gasteiger partial charge < -0.3 is 15.5 Å². The standard InChI is InChI=1S/C18H23N5O.ClH/c24-18(17-15-12-19-9-6-16(15)21-22-17)20-13-7-10-23(11-8-13)14-4-2-1-3-5-14;/h1-5,13,19H,6-12H2,(H,20,24)(H,21,22);1H. The average Bonchev–Trinajstić information content (AvgIpc) is 3.07. The molecule has 2 aliphatic rings. The summed E-state index contributed by atoms with van der Waals surface area (Å²) in [7, 11) is 0. The maximum Gasteiger partial charge on any atom is 0.272 e. The molecule has 0 unspecified atom stereocenters. The number of aromatic amines is 1. The highest BCUT2D eigenvalue weighted by atomic mass is 35.5. The number of para-hydroxylation sites is 1. The lowest BCUT2D eigenvalue weighted by Crippen LogP contribution is -2.45. The predicted molar refractivity (Wildman–Crippen MR) is 100 cm³/mol. The van der Waals surface area contributed by atoms with Crippen molar-refractivity contribution < 1.29 is 4.79 Å². The second-order valence-electron chi connectivity index (χ2n) is 6.53. The Kier molecular flexibility index (Phi) is 5.60. The third-order valence-electron chi connectivity index (χ3n) is 4.97. The Morgan fingerprint density at radius 3 is 2.72 bits per heavy atom. The molecule has 3 N–H and O–H groups in total. The molecular weight excluding hydrogens is 338 g/mol. The van der Waals surface area contributed by atoms with E-state index in [4.69, 9.17) is 0 Å². The van der Waals surface area contributed by atoms with Crippen molar-refractivity contribution in [2.75, 3.05) is 24.5 Å². The number of fused-ring (bicyclic) bond motifs is 1. The lowest BCUT2D eigenvalue weighted by Gasteiger charge is -2.33. The lowest BCUT2D eigenvalue weighted by molar-refractivity contribution is 0.0925. The molecule has 0 radical (unpaired) electrons. The molecular formula is C18H24ClN5O. The molecule has 0 aliphatic carbocycles. The number of aromatic nitrogens is 2. The van der Waals surface area contributed by atoms with Crippen molar-refractivity contribution in [2.24, 2.45) is 0 Å². The van der Waals surface area contributed by atoms with Crippen molar-refractivity contribution in [1.82, 2.24) is 20.8 Å². The molecule has 2 aliphatic heterocycles. The van der Waals surface area contributed by atoms with E-state index in [9.17, 15) is 4.79 Å². The quantitative estimate of drug-likeness (QED) is 0.780. The van der Waals surface area contributed by atoms with Crippen LogP contribution in [0.1, 0.15) is 34.6 Å². The van der Waals surface area contributed by atoms with Gasteiger partial charge in [0.15, 0.2) is 5.69 Å². The summed E-state index contributed by atoms with van der Waals surface area (Å²) >= 11 is 0. The van der Waals surface area contributed by atoms with Gasteiger partial charge in [-0.05, 0) is 25.0 Å². The van der Waals surface area contributed by atoms with Gasteiger partial charge in [0, 0.05) is 55.6 Å². The second-order valence-corrected chi connectivity index (χ2v) is 6.53. The SMILES string of the molecule is Cl.O=C(NC1CCN(c2ccccc2)CC1)c1n[nH]c2c1CNCC2. The van der Waals surface area contributed by atoms with Crippen LogP contribution in [0.2, 0.25) is 0 Å². The monoisotopic (exact) mass is 361 g/mol. The van der Waals surface area contributed by atoms with Crippen LogP contribution in [-0.2, 0) is 13.0 Å². The van der Waals surface area contributed by atoms with Crippen molar-refractivity contribution in [3.8, 4) is 0 Å². The van der Waals surface area contributed by atoms with Crippen LogP contribution < -0.4 is 15.5 Å². The first-order valence-corrected chi connectivity index (χ1v) is 8.69. The molecule has 134 valence electrons. The number of halogens is 1. The van der Waals surface area contributed by atoms with Crippen molar-refractivity contribution >= 4 is 24.0 Å². The molecule has 0 bridgehead atoms. The fraction of sp³-hybridized carbons (Fsp3) is 0.444. The number of rotatable bonds is 3. The van der Waals surface area contributed by atoms with E-state index < -0.39 is 0 Å². The van der Waals surface area contributed by atoms with Gasteiger partial charge in [-0.2, -0.15) is 5.10 Å². The number of piperidine rings is 1. The lowest BCUT2D eigenvalue weighted by atomic mass is 10.0. The number of benzene rings is 1. The van der Waals surface area contributed by atoms with E-state index in [0.29, 0.717) is 5.69 Å². The highest BCUT2D eigenvalue weighted by molar-refractivity contribution is 5.94. The van der Waals surface area contributed by atoms with Gasteiger partial charge in [0.2, 0.25) is 0 Å². The first-order valence-electron chi connectivity index (χ1n) is 8.69. The molecule has 0 spiro atoms. The Bertz CT molecular complexity index is 710. The zero-order chi connectivity index (χ0) is 16.4. The van der Waals surface area contributed by atoms with E-state index in [1.807, 2.05) is 6.07 Å². The van der Waals surface area contributed by atoms with Crippen LogP contribution in [-0.4, -0.2) is 41.8 Å². The maximum atomic E-state index is 12.6. The van der Waals surface area contributed by atoms with Gasteiger partial charge in [-0.15, -0.1) is 12.4 Å². The van der Waals surface area contributed by atoms with Gasteiger partial charge >= 0.3 is 0 Å². The molecule has 6 nitrogen and oxygen atoms in total. The van der Waals surface area contributed by atoms with E-state index in [-0.39, 0.29) is 24.4 Å². The number of amides is 1. The van der Waals surface area contributed by atoms with Gasteiger partial charge in [-0.25, -0.2) is 0 Å². The number of carbonyl (C=O) groups is 1. The van der Waals surface area contributed by atoms with Crippen LogP contribution in [0.15, 0.2) is 30.3 Å². The third-order valence-corrected chi connectivity index (χ3v) is 4.97. The number of carbonyl (C=O) groups excluding carboxylic acids is 1. The van der Waals surface area contributed by atoms with Crippen molar-refractivity contribution in [1.29, 1.82) is 0 Å². The van der Waals surface area contributed by atoms with Gasteiger partial charge in [0.1, 0.15) is 0 Å². The Morgan fingerprint density at radius 2 is 1.96 bits per heavy atom. The average molecular weight is 362 g/mol. The van der Waals surface area contributed by atoms with Gasteiger partial charge in [-0.1, -0.05) is 18.2 Å². The maximum absolute atomic E-state index is 12.6. The largest absolute Gasteiger partial charge is 0.371 e. The van der Waals surface area contributed by atoms with Crippen LogP contribution in [0.4, 0.5) is 5.69 Å². The summed E-state index contributed by atoms with van der Waals surface area (Å²) in [5.74, 6) is -0.0469. The predicted octanol–water partition coefficient (Wildman–Crippen LogP) is 1.88. The molecule has 7 heteroatoms. The molecule has 2 aromatic rings. The molecule has 4 rings (SSSR count). The summed E-state index contributed by atoms with van der Waals surface area (Å²) in [5.41, 5.74) is 3.94. The normalized spacial score (nSPS) is 17.5. The van der Waals surface area contributed by atoms with E-state index >= 15 is 0 Å². The number of nitrogens with zero attached hydrogens (tertiary/aromatic N) is 2. The highest BCUT2D eigenvalue weighted by Crippen LogP contribution is 2.20. The molecule has 0 atom stereocenters. The third kappa shape index (κ3) is 3.80. The summed E-state index contributed by atoms with van der Waals surface area (Å²) in [6.45, 7) is 3.60. The molecule has 1 fully saturated rings. The Hall–Kier alpha value is -2.05. The van der Waals surface area contributed by atoms with Crippen LogP contribution in [0.3, 0.4) is 0 Å². The summed E-state index contributed by atoms with van der Waals surface area (Å²) in [5, 5.41) is 13.7. The van der Waals surface area contributed by atoms with E-state index in [1.165, 1.54) is 5.69 Å². The molecule has 3 heterocycles. The smallest absolute Gasteiger partial charge is 0.272 e. The van der Waals surface area contributed by atoms with E-state index in [2.05, 4.69) is 50.0 Å². The second kappa shape index (κ2) is 7.89. The number of hydrogen-bond acceptors (Lipinski definition) is 4. The molecule has 1 saturated heterocycles. The van der Waals surface area contributed by atoms with Crippen LogP contribution >= 0.6 is 12.4 Å². The molecule has 25 heavy (non-hydrogen) atoms. The van der Waals surface area contributed by atoms with Crippen LogP contribution in [0.25, 0.3) is 0 Å². The van der Waals surface area contributed by atoms with Crippen molar-refractivity contribution in [3.05, 3.63) is 47.3 Å². The molecule has 1 amide bonds. The highest BCUT2D eigenvalue weighted by Gasteiger charge is 2.25. The van der Waals surface area contributed by atoms with Crippen LogP contribution in [0.5, 0.6) is 0 Å². The van der Waals surface area contributed by atoms with Crippen molar-refractivity contribution in [2.45, 2.75) is 31.8 Å². The Labute approximate surface area is 153 Å². The minimum atomic E-state index is -0.0469. The molecule has 1 aromatic heterocycles. The van der Waals surface area contributed by atoms with Gasteiger partial charge in [0.05, 0.1) is 0 Å². The molecule has 1 aromatic carbocycles. The fourth-order valence-electron chi connectivity index (χ4n) is 3.59. The number of nitrogens with one attached hydrogen (secondary N) is 3. The number of H-pyrrole nitrogens is 1. The molecule has 0 saturated carbocycles. The fourth-order valence-corrected chi connectivity index (χ4v) is 3.59. The number of hydrogen-bond donors (Lipinski definition) is 3. The van der Waals surface area contributed by atoms with Crippen LogP contribution in [0, 0.1) is 0 Å². The first-order chi connectivity index (χ1) is 11.8. The topological polar surface area (TPSA) is 73.0 Å². The summed E-state index contributed by atoms with van der Waals surface area (Å²) in [4.78, 5) is 14.9. The Balaban J connectivity index is 0.00000182. The van der Waals surface area contributed by atoms with Crippen molar-refractivity contribution in [3.63, 3.8) is 0 Å². The zero-order valence-corrected chi connectivity index (χ0v) is 14.9. The minimum absolute atomic E-state index is 0. The van der Waals surface area contributed by atoms with E-state index in [1.54, 1.807) is 0 Å². The van der Waals surface area contributed by atoms with E-state index in [0.717, 1.165) is 56.7 Å². The Morgan fingerprint density at radius 1 is 1.20 bits per heavy atom. The summed E-state index contributed by atoms with van der Waals surface area (Å²) in [6, 6.07) is 10.7. The zero-order valence-electron chi connectivity index (χ0n) is 14.1. The van der Waals surface area contributed by atoms with Gasteiger partial charge in [-0.3, -0.25) is 9.89 Å². The first kappa shape index (κ1) is 17.8. The number of anilines is 1.